The molecule has 0 saturated heterocycles. The van der Waals surface area contributed by atoms with Crippen molar-refractivity contribution in [3.05, 3.63) is 48.3 Å². The average molecular weight is 266 g/mol. The van der Waals surface area contributed by atoms with E-state index >= 15 is 0 Å². The molecule has 0 aliphatic rings. The number of nitrogens with zero attached hydrogens (tertiary/aromatic N) is 2. The lowest BCUT2D eigenvalue weighted by Gasteiger charge is -2.29. The van der Waals surface area contributed by atoms with E-state index in [1.165, 1.54) is 19.4 Å². The highest BCUT2D eigenvalue weighted by Crippen LogP contribution is 2.33. The first kappa shape index (κ1) is 13.7. The number of alkyl halides is 3. The molecule has 0 aliphatic heterocycles. The minimum absolute atomic E-state index is 0.246. The molecule has 0 spiro atoms. The van der Waals surface area contributed by atoms with Crippen molar-refractivity contribution in [3.8, 4) is 0 Å². The highest BCUT2D eigenvalue weighted by Gasteiger charge is 2.33. The molecular formula is C13H14BF3N2. The molecule has 0 unspecified atom stereocenters. The Morgan fingerprint density at radius 3 is 2.32 bits per heavy atom. The van der Waals surface area contributed by atoms with Crippen LogP contribution in [0.3, 0.4) is 0 Å². The molecule has 0 bridgehead atoms. The normalized spacial score (nSPS) is 13.5. The van der Waals surface area contributed by atoms with Gasteiger partial charge in [0, 0.05) is 5.72 Å². The van der Waals surface area contributed by atoms with Gasteiger partial charge in [-0.25, -0.2) is 0 Å². The SMILES string of the molecule is Cn1cc[n+](C)c1[B-][C@@H](c1ccccc1)C(F)(F)F. The number of rotatable bonds is 3. The fourth-order valence-corrected chi connectivity index (χ4v) is 2.03. The number of imidazole rings is 1. The summed E-state index contributed by atoms with van der Waals surface area (Å²) in [5.74, 6) is -1.60. The number of hydrogen-bond acceptors (Lipinski definition) is 0. The highest BCUT2D eigenvalue weighted by molar-refractivity contribution is 6.52. The number of benzene rings is 1. The summed E-state index contributed by atoms with van der Waals surface area (Å²) in [6, 6.07) is 7.94. The Morgan fingerprint density at radius 1 is 1.21 bits per heavy atom. The first-order chi connectivity index (χ1) is 8.89. The predicted octanol–water partition coefficient (Wildman–Crippen LogP) is 1.48. The largest absolute Gasteiger partial charge is 0.360 e. The molecule has 2 radical (unpaired) electrons. The molecule has 6 heteroatoms. The van der Waals surface area contributed by atoms with Crippen LogP contribution in [-0.4, -0.2) is 18.0 Å². The molecule has 2 rings (SSSR count). The Morgan fingerprint density at radius 2 is 1.84 bits per heavy atom. The summed E-state index contributed by atoms with van der Waals surface area (Å²) in [6.07, 6.45) is -0.854. The van der Waals surface area contributed by atoms with E-state index in [0.717, 1.165) is 0 Å². The monoisotopic (exact) mass is 266 g/mol. The van der Waals surface area contributed by atoms with Crippen LogP contribution >= 0.6 is 0 Å². The van der Waals surface area contributed by atoms with Crippen LogP contribution in [0, 0.1) is 0 Å². The molecule has 0 amide bonds. The zero-order valence-corrected chi connectivity index (χ0v) is 10.7. The minimum atomic E-state index is -4.31. The molecule has 0 aliphatic carbocycles. The van der Waals surface area contributed by atoms with Crippen molar-refractivity contribution < 1.29 is 17.7 Å². The van der Waals surface area contributed by atoms with Gasteiger partial charge in [0.25, 0.3) is 0 Å². The van der Waals surface area contributed by atoms with E-state index in [1.54, 1.807) is 53.8 Å². The maximum atomic E-state index is 13.2. The maximum absolute atomic E-state index is 13.2. The van der Waals surface area contributed by atoms with Gasteiger partial charge >= 0.3 is 6.18 Å². The third kappa shape index (κ3) is 3.00. The molecule has 19 heavy (non-hydrogen) atoms. The first-order valence-electron chi connectivity index (χ1n) is 5.87. The van der Waals surface area contributed by atoms with E-state index in [4.69, 9.17) is 0 Å². The second kappa shape index (κ2) is 5.11. The highest BCUT2D eigenvalue weighted by atomic mass is 19.4. The molecule has 0 fully saturated rings. The zero-order valence-electron chi connectivity index (χ0n) is 10.7. The van der Waals surface area contributed by atoms with Crippen molar-refractivity contribution in [2.45, 2.75) is 12.0 Å². The molecule has 0 N–H and O–H groups in total. The summed E-state index contributed by atoms with van der Waals surface area (Å²) in [5, 5.41) is 0. The Labute approximate surface area is 110 Å². The minimum Gasteiger partial charge on any atom is -0.280 e. The fraction of sp³-hybridized carbons (Fsp3) is 0.308. The van der Waals surface area contributed by atoms with Gasteiger partial charge in [0.1, 0.15) is 12.4 Å². The van der Waals surface area contributed by atoms with E-state index < -0.39 is 12.0 Å². The molecule has 100 valence electrons. The van der Waals surface area contributed by atoms with Crippen LogP contribution in [0.2, 0.25) is 0 Å². The van der Waals surface area contributed by atoms with Crippen molar-refractivity contribution in [1.29, 1.82) is 0 Å². The maximum Gasteiger partial charge on any atom is 0.360 e. The van der Waals surface area contributed by atoms with Crippen LogP contribution in [0.15, 0.2) is 42.7 Å². The topological polar surface area (TPSA) is 8.81 Å². The summed E-state index contributed by atoms with van der Waals surface area (Å²) >= 11 is 0. The van der Waals surface area contributed by atoms with Gasteiger partial charge < -0.3 is 0 Å². The Balaban J connectivity index is 2.36. The quantitative estimate of drug-likeness (QED) is 0.588. The van der Waals surface area contributed by atoms with Gasteiger partial charge in [-0.1, -0.05) is 41.7 Å². The van der Waals surface area contributed by atoms with E-state index in [-0.39, 0.29) is 5.56 Å². The number of aryl methyl sites for hydroxylation is 2. The van der Waals surface area contributed by atoms with Gasteiger partial charge in [0.15, 0.2) is 0 Å². The van der Waals surface area contributed by atoms with Gasteiger partial charge in [-0.05, 0) is 0 Å². The van der Waals surface area contributed by atoms with E-state index in [1.807, 2.05) is 0 Å². The zero-order chi connectivity index (χ0) is 14.0. The summed E-state index contributed by atoms with van der Waals surface area (Å²) < 4.78 is 43.0. The van der Waals surface area contributed by atoms with E-state index in [9.17, 15) is 13.2 Å². The van der Waals surface area contributed by atoms with Crippen molar-refractivity contribution in [2.75, 3.05) is 0 Å². The lowest BCUT2D eigenvalue weighted by Crippen LogP contribution is -2.52. The lowest BCUT2D eigenvalue weighted by atomic mass is 9.60. The van der Waals surface area contributed by atoms with Crippen LogP contribution in [-0.2, 0) is 14.1 Å². The van der Waals surface area contributed by atoms with Crippen LogP contribution in [0.4, 0.5) is 13.2 Å². The summed E-state index contributed by atoms with van der Waals surface area (Å²) in [5.41, 5.74) is 0.766. The molecule has 2 aromatic rings. The van der Waals surface area contributed by atoms with Crippen LogP contribution in [0.25, 0.3) is 0 Å². The Kier molecular flexibility index (Phi) is 3.69. The van der Waals surface area contributed by atoms with Gasteiger partial charge in [0.2, 0.25) is 0 Å². The van der Waals surface area contributed by atoms with Crippen molar-refractivity contribution >= 4 is 13.0 Å². The fourth-order valence-electron chi connectivity index (χ4n) is 2.03. The van der Waals surface area contributed by atoms with Crippen molar-refractivity contribution in [3.63, 3.8) is 0 Å². The van der Waals surface area contributed by atoms with Crippen molar-refractivity contribution in [1.82, 2.24) is 4.57 Å². The summed E-state index contributed by atoms with van der Waals surface area (Å²) in [4.78, 5) is 0. The third-order valence-electron chi connectivity index (χ3n) is 3.06. The Bertz CT molecular complexity index is 529. The smallest absolute Gasteiger partial charge is 0.280 e. The second-order valence-corrected chi connectivity index (χ2v) is 4.47. The molecule has 2 nitrogen and oxygen atoms in total. The molecule has 1 aromatic carbocycles. The van der Waals surface area contributed by atoms with Crippen LogP contribution < -0.4 is 10.3 Å². The van der Waals surface area contributed by atoms with Gasteiger partial charge in [-0.15, -0.1) is 0 Å². The molecule has 1 atom stereocenters. The molecule has 1 aromatic heterocycles. The Hall–Kier alpha value is -1.72. The van der Waals surface area contributed by atoms with E-state index in [0.29, 0.717) is 5.72 Å². The number of aromatic nitrogens is 2. The van der Waals surface area contributed by atoms with Crippen molar-refractivity contribution in [2.24, 2.45) is 14.1 Å². The van der Waals surface area contributed by atoms with Gasteiger partial charge in [-0.2, -0.15) is 20.5 Å². The van der Waals surface area contributed by atoms with Gasteiger partial charge in [-0.3, -0.25) is 9.13 Å². The molecule has 1 heterocycles. The summed E-state index contributed by atoms with van der Waals surface area (Å²) in [6.45, 7) is 0. The third-order valence-corrected chi connectivity index (χ3v) is 3.06. The first-order valence-corrected chi connectivity index (χ1v) is 5.87. The van der Waals surface area contributed by atoms with E-state index in [2.05, 4.69) is 0 Å². The summed E-state index contributed by atoms with van der Waals surface area (Å²) in [7, 11) is 4.70. The van der Waals surface area contributed by atoms with Crippen LogP contribution in [0.5, 0.6) is 0 Å². The standard InChI is InChI=1S/C13H14BF3N2/c1-18-8-9-19(2)12(18)14-11(13(15,16)17)10-6-4-3-5-7-10/h3-9,11H,1-2H3/t11-/m0/s1. The second-order valence-electron chi connectivity index (χ2n) is 4.47. The van der Waals surface area contributed by atoms with Gasteiger partial charge in [0.05, 0.1) is 14.1 Å². The number of halogens is 3. The predicted molar refractivity (Wildman–Crippen MR) is 67.2 cm³/mol. The molecular weight excluding hydrogens is 252 g/mol. The molecule has 0 saturated carbocycles. The number of hydrogen-bond donors (Lipinski definition) is 0. The van der Waals surface area contributed by atoms with Crippen LogP contribution in [0.1, 0.15) is 11.4 Å². The lowest BCUT2D eigenvalue weighted by molar-refractivity contribution is -0.653. The average Bonchev–Trinajstić information content (AvgIpc) is 2.66.